The number of nitrogens with zero attached hydrogens (tertiary/aromatic N) is 1. The monoisotopic (exact) mass is 219 g/mol. The Bertz CT molecular complexity index is 405. The molecule has 0 spiro atoms. The summed E-state index contributed by atoms with van der Waals surface area (Å²) in [6, 6.07) is 3.36. The second-order valence-electron chi connectivity index (χ2n) is 3.84. The van der Waals surface area contributed by atoms with E-state index in [4.69, 9.17) is 0 Å². The lowest BCUT2D eigenvalue weighted by atomic mass is 10.1. The number of hydrogen-bond donors (Lipinski definition) is 2. The maximum Gasteiger partial charge on any atom is 0.244 e. The number of carbonyl (C=O) groups excluding carboxylic acids is 2. The minimum atomic E-state index is -0.421. The van der Waals surface area contributed by atoms with Crippen molar-refractivity contribution in [1.82, 2.24) is 15.6 Å². The molecule has 0 radical (unpaired) electrons. The minimum Gasteiger partial charge on any atom is -0.299 e. The fraction of sp³-hybridized carbons (Fsp3) is 0.364. The van der Waals surface area contributed by atoms with Crippen molar-refractivity contribution in [3.8, 4) is 0 Å². The van der Waals surface area contributed by atoms with E-state index in [0.717, 1.165) is 5.56 Å². The quantitative estimate of drug-likeness (QED) is 0.710. The van der Waals surface area contributed by atoms with E-state index in [1.165, 1.54) is 0 Å². The third-order valence-corrected chi connectivity index (χ3v) is 2.63. The molecule has 16 heavy (non-hydrogen) atoms. The van der Waals surface area contributed by atoms with Gasteiger partial charge in [-0.1, -0.05) is 0 Å². The summed E-state index contributed by atoms with van der Waals surface area (Å²) in [4.78, 5) is 26.3. The summed E-state index contributed by atoms with van der Waals surface area (Å²) in [6.45, 7) is 1.95. The van der Waals surface area contributed by atoms with Gasteiger partial charge in [0, 0.05) is 18.4 Å². The third-order valence-electron chi connectivity index (χ3n) is 2.63. The van der Waals surface area contributed by atoms with Gasteiger partial charge in [-0.15, -0.1) is 0 Å². The Balaban J connectivity index is 2.00. The van der Waals surface area contributed by atoms with Gasteiger partial charge in [-0.05, 0) is 24.6 Å². The molecule has 1 aliphatic rings. The summed E-state index contributed by atoms with van der Waals surface area (Å²) in [7, 11) is 0. The van der Waals surface area contributed by atoms with Crippen LogP contribution in [-0.2, 0) is 9.59 Å². The van der Waals surface area contributed by atoms with Crippen LogP contribution in [0.3, 0.4) is 0 Å². The molecule has 2 N–H and O–H groups in total. The molecule has 0 aromatic carbocycles. The number of aromatic nitrogens is 1. The van der Waals surface area contributed by atoms with Gasteiger partial charge in [-0.3, -0.25) is 25.2 Å². The molecule has 2 rings (SSSR count). The first-order valence-electron chi connectivity index (χ1n) is 5.16. The number of imide groups is 1. The standard InChI is InChI=1S/C11H13N3O2/c1-7(8-2-4-12-5-3-8)13-9-6-10(15)14-11(9)16/h2-5,7,9,13H,6H2,1H3,(H,14,15,16)/t7-,9?/m0/s1. The molecule has 84 valence electrons. The zero-order valence-electron chi connectivity index (χ0n) is 8.93. The van der Waals surface area contributed by atoms with Gasteiger partial charge in [0.1, 0.15) is 0 Å². The summed E-state index contributed by atoms with van der Waals surface area (Å²) >= 11 is 0. The smallest absolute Gasteiger partial charge is 0.244 e. The third kappa shape index (κ3) is 2.25. The molecule has 0 bridgehead atoms. The fourth-order valence-electron chi connectivity index (χ4n) is 1.74. The predicted octanol–water partition coefficient (Wildman–Crippen LogP) is 0.147. The lowest BCUT2D eigenvalue weighted by molar-refractivity contribution is -0.125. The fourth-order valence-corrected chi connectivity index (χ4v) is 1.74. The van der Waals surface area contributed by atoms with Crippen molar-refractivity contribution in [2.24, 2.45) is 0 Å². The van der Waals surface area contributed by atoms with Crippen LogP contribution in [0.4, 0.5) is 0 Å². The van der Waals surface area contributed by atoms with E-state index >= 15 is 0 Å². The van der Waals surface area contributed by atoms with Crippen LogP contribution in [-0.4, -0.2) is 22.8 Å². The topological polar surface area (TPSA) is 71.1 Å². The molecule has 1 aliphatic heterocycles. The average molecular weight is 219 g/mol. The SMILES string of the molecule is C[C@H](NC1CC(=O)NC1=O)c1ccncc1. The molecule has 1 unspecified atom stereocenters. The van der Waals surface area contributed by atoms with E-state index in [0.29, 0.717) is 0 Å². The molecule has 0 aliphatic carbocycles. The molecule has 2 heterocycles. The van der Waals surface area contributed by atoms with Crippen molar-refractivity contribution >= 4 is 11.8 Å². The molecule has 1 fully saturated rings. The van der Waals surface area contributed by atoms with Gasteiger partial charge in [-0.25, -0.2) is 0 Å². The Hall–Kier alpha value is -1.75. The number of carbonyl (C=O) groups is 2. The van der Waals surface area contributed by atoms with Gasteiger partial charge in [-0.2, -0.15) is 0 Å². The van der Waals surface area contributed by atoms with Gasteiger partial charge in [0.2, 0.25) is 11.8 Å². The molecule has 2 atom stereocenters. The summed E-state index contributed by atoms with van der Waals surface area (Å²) in [5.41, 5.74) is 1.04. The molecular formula is C11H13N3O2. The molecule has 5 nitrogen and oxygen atoms in total. The maximum atomic E-state index is 11.3. The van der Waals surface area contributed by atoms with E-state index in [9.17, 15) is 9.59 Å². The predicted molar refractivity (Wildman–Crippen MR) is 57.3 cm³/mol. The molecule has 1 aromatic heterocycles. The van der Waals surface area contributed by atoms with Crippen LogP contribution in [0.25, 0.3) is 0 Å². The van der Waals surface area contributed by atoms with Crippen molar-refractivity contribution in [3.05, 3.63) is 30.1 Å². The molecule has 0 saturated carbocycles. The van der Waals surface area contributed by atoms with Gasteiger partial charge in [0.05, 0.1) is 12.5 Å². The molecule has 1 aromatic rings. The van der Waals surface area contributed by atoms with Crippen LogP contribution in [0.2, 0.25) is 0 Å². The van der Waals surface area contributed by atoms with E-state index in [1.54, 1.807) is 12.4 Å². The molecule has 2 amide bonds. The van der Waals surface area contributed by atoms with Gasteiger partial charge < -0.3 is 0 Å². The van der Waals surface area contributed by atoms with Crippen LogP contribution >= 0.6 is 0 Å². The molecule has 1 saturated heterocycles. The zero-order chi connectivity index (χ0) is 11.5. The van der Waals surface area contributed by atoms with E-state index in [1.807, 2.05) is 19.1 Å². The molecular weight excluding hydrogens is 206 g/mol. The van der Waals surface area contributed by atoms with Gasteiger partial charge in [0.25, 0.3) is 0 Å². The minimum absolute atomic E-state index is 0.0182. The maximum absolute atomic E-state index is 11.3. The van der Waals surface area contributed by atoms with Crippen molar-refractivity contribution < 1.29 is 9.59 Å². The zero-order valence-corrected chi connectivity index (χ0v) is 8.93. The van der Waals surface area contributed by atoms with Crippen LogP contribution in [0.5, 0.6) is 0 Å². The van der Waals surface area contributed by atoms with Crippen LogP contribution in [0.1, 0.15) is 24.9 Å². The highest BCUT2D eigenvalue weighted by atomic mass is 16.2. The first-order valence-corrected chi connectivity index (χ1v) is 5.16. The van der Waals surface area contributed by atoms with Gasteiger partial charge >= 0.3 is 0 Å². The largest absolute Gasteiger partial charge is 0.299 e. The average Bonchev–Trinajstić information content (AvgIpc) is 2.59. The van der Waals surface area contributed by atoms with Crippen molar-refractivity contribution in [3.63, 3.8) is 0 Å². The highest BCUT2D eigenvalue weighted by Gasteiger charge is 2.31. The summed E-state index contributed by atoms with van der Waals surface area (Å²) < 4.78 is 0. The van der Waals surface area contributed by atoms with Crippen LogP contribution in [0.15, 0.2) is 24.5 Å². The number of amides is 2. The Morgan fingerprint density at radius 3 is 2.69 bits per heavy atom. The van der Waals surface area contributed by atoms with E-state index < -0.39 is 6.04 Å². The second-order valence-corrected chi connectivity index (χ2v) is 3.84. The van der Waals surface area contributed by atoms with E-state index in [-0.39, 0.29) is 24.3 Å². The normalized spacial score (nSPS) is 21.9. The Morgan fingerprint density at radius 2 is 2.12 bits per heavy atom. The highest BCUT2D eigenvalue weighted by molar-refractivity contribution is 6.05. The number of hydrogen-bond acceptors (Lipinski definition) is 4. The van der Waals surface area contributed by atoms with Crippen LogP contribution in [0, 0.1) is 0 Å². The van der Waals surface area contributed by atoms with Crippen molar-refractivity contribution in [1.29, 1.82) is 0 Å². The number of nitrogens with one attached hydrogen (secondary N) is 2. The highest BCUT2D eigenvalue weighted by Crippen LogP contribution is 2.13. The summed E-state index contributed by atoms with van der Waals surface area (Å²) in [5.74, 6) is -0.463. The first kappa shape index (κ1) is 10.8. The summed E-state index contributed by atoms with van der Waals surface area (Å²) in [5, 5.41) is 5.39. The Labute approximate surface area is 93.3 Å². The lowest BCUT2D eigenvalue weighted by Gasteiger charge is -2.17. The van der Waals surface area contributed by atoms with Crippen LogP contribution < -0.4 is 10.6 Å². The van der Waals surface area contributed by atoms with E-state index in [2.05, 4.69) is 15.6 Å². The van der Waals surface area contributed by atoms with Crippen molar-refractivity contribution in [2.45, 2.75) is 25.4 Å². The summed E-state index contributed by atoms with van der Waals surface area (Å²) in [6.07, 6.45) is 3.62. The van der Waals surface area contributed by atoms with Gasteiger partial charge in [0.15, 0.2) is 0 Å². The Kier molecular flexibility index (Phi) is 2.96. The number of rotatable bonds is 3. The molecule has 5 heteroatoms. The van der Waals surface area contributed by atoms with Crippen molar-refractivity contribution in [2.75, 3.05) is 0 Å². The second kappa shape index (κ2) is 4.40. The first-order chi connectivity index (χ1) is 7.66. The number of pyridine rings is 1. The Morgan fingerprint density at radius 1 is 1.44 bits per heavy atom. The lowest BCUT2D eigenvalue weighted by Crippen LogP contribution is -2.37.